The quantitative estimate of drug-likeness (QED) is 0.412. The van der Waals surface area contributed by atoms with Crippen LogP contribution in [-0.2, 0) is 24.8 Å². The molecule has 0 fully saturated rings. The van der Waals surface area contributed by atoms with Crippen LogP contribution in [0.1, 0.15) is 12.8 Å². The zero-order valence-corrected chi connectivity index (χ0v) is 20.7. The molecule has 0 unspecified atom stereocenters. The SMILES string of the molecule is CS(=O)(=O)N(CCCC(=O)Nc1ccc(S(=O)(=O)Nc2ccc(Cl)cc2)cc1)c1ccccc1. The van der Waals surface area contributed by atoms with Crippen LogP contribution in [0, 0.1) is 0 Å². The summed E-state index contributed by atoms with van der Waals surface area (Å²) in [6.07, 6.45) is 1.53. The lowest BCUT2D eigenvalue weighted by Crippen LogP contribution is -2.31. The second-order valence-electron chi connectivity index (χ2n) is 7.46. The Kier molecular flexibility index (Phi) is 8.19. The molecule has 0 aliphatic rings. The fraction of sp³-hybridized carbons (Fsp3) is 0.174. The van der Waals surface area contributed by atoms with E-state index in [1.54, 1.807) is 54.6 Å². The van der Waals surface area contributed by atoms with Crippen LogP contribution >= 0.6 is 11.6 Å². The largest absolute Gasteiger partial charge is 0.326 e. The highest BCUT2D eigenvalue weighted by molar-refractivity contribution is 7.92. The molecule has 0 atom stereocenters. The van der Waals surface area contributed by atoms with Crippen molar-refractivity contribution in [3.05, 3.63) is 83.9 Å². The summed E-state index contributed by atoms with van der Waals surface area (Å²) < 4.78 is 53.0. The van der Waals surface area contributed by atoms with E-state index in [0.29, 0.717) is 28.5 Å². The molecule has 0 spiro atoms. The number of benzene rings is 3. The Labute approximate surface area is 204 Å². The molecule has 0 saturated heterocycles. The lowest BCUT2D eigenvalue weighted by Gasteiger charge is -2.22. The van der Waals surface area contributed by atoms with Gasteiger partial charge in [0.2, 0.25) is 15.9 Å². The summed E-state index contributed by atoms with van der Waals surface area (Å²) in [6.45, 7) is 0.157. The van der Waals surface area contributed by atoms with Gasteiger partial charge in [-0.2, -0.15) is 0 Å². The van der Waals surface area contributed by atoms with Crippen molar-refractivity contribution < 1.29 is 21.6 Å². The third kappa shape index (κ3) is 7.21. The van der Waals surface area contributed by atoms with Crippen LogP contribution in [0.25, 0.3) is 0 Å². The van der Waals surface area contributed by atoms with Gasteiger partial charge in [0.05, 0.1) is 16.8 Å². The molecule has 0 heterocycles. The normalized spacial score (nSPS) is 11.6. The Hall–Kier alpha value is -3.08. The van der Waals surface area contributed by atoms with Gasteiger partial charge in [-0.15, -0.1) is 0 Å². The molecule has 11 heteroatoms. The number of hydrogen-bond donors (Lipinski definition) is 2. The zero-order valence-electron chi connectivity index (χ0n) is 18.3. The van der Waals surface area contributed by atoms with Gasteiger partial charge in [-0.1, -0.05) is 29.8 Å². The first-order valence-corrected chi connectivity index (χ1v) is 14.0. The summed E-state index contributed by atoms with van der Waals surface area (Å²) in [5.41, 5.74) is 1.34. The minimum atomic E-state index is -3.80. The average molecular weight is 522 g/mol. The predicted octanol–water partition coefficient (Wildman–Crippen LogP) is 4.33. The van der Waals surface area contributed by atoms with Crippen molar-refractivity contribution in [2.45, 2.75) is 17.7 Å². The average Bonchev–Trinajstić information content (AvgIpc) is 2.78. The molecule has 2 N–H and O–H groups in total. The molecular weight excluding hydrogens is 498 g/mol. The Morgan fingerprint density at radius 2 is 1.44 bits per heavy atom. The number of para-hydroxylation sites is 1. The molecule has 0 aliphatic heterocycles. The fourth-order valence-corrected chi connectivity index (χ4v) is 5.29. The van der Waals surface area contributed by atoms with E-state index in [9.17, 15) is 21.6 Å². The van der Waals surface area contributed by atoms with Gasteiger partial charge in [0.1, 0.15) is 0 Å². The topological polar surface area (TPSA) is 113 Å². The van der Waals surface area contributed by atoms with Crippen LogP contribution < -0.4 is 14.3 Å². The van der Waals surface area contributed by atoms with E-state index >= 15 is 0 Å². The summed E-state index contributed by atoms with van der Waals surface area (Å²) in [4.78, 5) is 12.3. The van der Waals surface area contributed by atoms with Crippen LogP contribution in [0.3, 0.4) is 0 Å². The summed E-state index contributed by atoms with van der Waals surface area (Å²) in [6, 6.07) is 20.7. The van der Waals surface area contributed by atoms with E-state index < -0.39 is 20.0 Å². The summed E-state index contributed by atoms with van der Waals surface area (Å²) in [5.74, 6) is -0.309. The number of carbonyl (C=O) groups excluding carboxylic acids is 1. The van der Waals surface area contributed by atoms with Gasteiger partial charge < -0.3 is 5.32 Å². The molecule has 0 saturated carbocycles. The Morgan fingerprint density at radius 3 is 2.03 bits per heavy atom. The van der Waals surface area contributed by atoms with Crippen molar-refractivity contribution in [1.82, 2.24) is 0 Å². The van der Waals surface area contributed by atoms with Crippen LogP contribution in [0.4, 0.5) is 17.1 Å². The van der Waals surface area contributed by atoms with Crippen LogP contribution in [0.2, 0.25) is 5.02 Å². The summed E-state index contributed by atoms with van der Waals surface area (Å²) in [7, 11) is -7.29. The fourth-order valence-electron chi connectivity index (χ4n) is 3.14. The third-order valence-corrected chi connectivity index (χ3v) is 7.60. The second kappa shape index (κ2) is 10.9. The molecule has 3 rings (SSSR count). The van der Waals surface area contributed by atoms with Crippen LogP contribution in [-0.4, -0.2) is 35.5 Å². The number of amides is 1. The first-order valence-electron chi connectivity index (χ1n) is 10.3. The van der Waals surface area contributed by atoms with Crippen molar-refractivity contribution >= 4 is 54.6 Å². The number of rotatable bonds is 10. The minimum absolute atomic E-state index is 0.0344. The molecule has 1 amide bonds. The molecule has 3 aromatic rings. The number of anilines is 3. The van der Waals surface area contributed by atoms with Crippen LogP contribution in [0.15, 0.2) is 83.8 Å². The standard InChI is InChI=1S/C23H24ClN3O5S2/c1-33(29,30)27(21-6-3-2-4-7-21)17-5-8-23(28)25-19-13-15-22(16-14-19)34(31,32)26-20-11-9-18(24)10-12-20/h2-4,6-7,9-16,26H,5,8,17H2,1H3,(H,25,28). The van der Waals surface area contributed by atoms with E-state index in [1.165, 1.54) is 28.6 Å². The van der Waals surface area contributed by atoms with Gasteiger partial charge in [0.15, 0.2) is 0 Å². The van der Waals surface area contributed by atoms with Crippen LogP contribution in [0.5, 0.6) is 0 Å². The monoisotopic (exact) mass is 521 g/mol. The molecule has 34 heavy (non-hydrogen) atoms. The zero-order chi connectivity index (χ0) is 24.8. The maximum atomic E-state index is 12.5. The van der Waals surface area contributed by atoms with Gasteiger partial charge in [-0.05, 0) is 67.1 Å². The van der Waals surface area contributed by atoms with Gasteiger partial charge in [-0.25, -0.2) is 16.8 Å². The van der Waals surface area contributed by atoms with E-state index in [0.717, 1.165) is 6.26 Å². The van der Waals surface area contributed by atoms with Crippen molar-refractivity contribution in [2.75, 3.05) is 27.1 Å². The van der Waals surface area contributed by atoms with Gasteiger partial charge in [0.25, 0.3) is 10.0 Å². The molecular formula is C23H24ClN3O5S2. The van der Waals surface area contributed by atoms with E-state index in [4.69, 9.17) is 11.6 Å². The number of sulfonamides is 2. The highest BCUT2D eigenvalue weighted by Gasteiger charge is 2.18. The maximum absolute atomic E-state index is 12.5. The molecule has 180 valence electrons. The molecule has 8 nitrogen and oxygen atoms in total. The lowest BCUT2D eigenvalue weighted by molar-refractivity contribution is -0.116. The molecule has 3 aromatic carbocycles. The molecule has 0 aromatic heterocycles. The van der Waals surface area contributed by atoms with Crippen molar-refractivity contribution in [3.8, 4) is 0 Å². The van der Waals surface area contributed by atoms with E-state index in [2.05, 4.69) is 10.0 Å². The second-order valence-corrected chi connectivity index (χ2v) is 11.5. The lowest BCUT2D eigenvalue weighted by atomic mass is 10.2. The molecule has 0 aliphatic carbocycles. The number of nitrogens with one attached hydrogen (secondary N) is 2. The third-order valence-electron chi connectivity index (χ3n) is 4.75. The van der Waals surface area contributed by atoms with Crippen molar-refractivity contribution in [2.24, 2.45) is 0 Å². The van der Waals surface area contributed by atoms with Crippen molar-refractivity contribution in [1.29, 1.82) is 0 Å². The highest BCUT2D eigenvalue weighted by atomic mass is 35.5. The van der Waals surface area contributed by atoms with E-state index in [1.807, 2.05) is 0 Å². The maximum Gasteiger partial charge on any atom is 0.261 e. The molecule has 0 radical (unpaired) electrons. The smallest absolute Gasteiger partial charge is 0.261 e. The van der Waals surface area contributed by atoms with Gasteiger partial charge in [-0.3, -0.25) is 13.8 Å². The first-order chi connectivity index (χ1) is 16.0. The Balaban J connectivity index is 1.55. The first kappa shape index (κ1) is 25.5. The summed E-state index contributed by atoms with van der Waals surface area (Å²) in [5, 5.41) is 3.18. The summed E-state index contributed by atoms with van der Waals surface area (Å²) >= 11 is 5.81. The van der Waals surface area contributed by atoms with Gasteiger partial charge >= 0.3 is 0 Å². The number of hydrogen-bond acceptors (Lipinski definition) is 5. The predicted molar refractivity (Wildman–Crippen MR) is 135 cm³/mol. The number of carbonyl (C=O) groups is 1. The minimum Gasteiger partial charge on any atom is -0.326 e. The van der Waals surface area contributed by atoms with Gasteiger partial charge in [0, 0.05) is 29.4 Å². The Morgan fingerprint density at radius 1 is 0.853 bits per heavy atom. The Bertz CT molecular complexity index is 1330. The highest BCUT2D eigenvalue weighted by Crippen LogP contribution is 2.21. The van der Waals surface area contributed by atoms with E-state index in [-0.39, 0.29) is 23.8 Å². The number of nitrogens with zero attached hydrogens (tertiary/aromatic N) is 1. The van der Waals surface area contributed by atoms with Crippen molar-refractivity contribution in [3.63, 3.8) is 0 Å². The number of halogens is 1. The molecule has 0 bridgehead atoms.